The van der Waals surface area contributed by atoms with Crippen molar-refractivity contribution in [3.8, 4) is 0 Å². The molecular weight excluding hydrogens is 376 g/mol. The molecular formula is C20H26N4O5. The van der Waals surface area contributed by atoms with E-state index in [2.05, 4.69) is 21.3 Å². The highest BCUT2D eigenvalue weighted by atomic mass is 16.2. The lowest BCUT2D eigenvalue weighted by Crippen LogP contribution is -2.51. The Morgan fingerprint density at radius 2 is 1.76 bits per heavy atom. The number of carbonyl (C=O) groups is 5. The van der Waals surface area contributed by atoms with Crippen molar-refractivity contribution in [1.29, 1.82) is 0 Å². The normalized spacial score (nSPS) is 18.8. The maximum atomic E-state index is 12.4. The number of hydrogen-bond acceptors (Lipinski definition) is 5. The summed E-state index contributed by atoms with van der Waals surface area (Å²) in [4.78, 5) is 59.2. The first-order chi connectivity index (χ1) is 13.7. The smallest absolute Gasteiger partial charge is 0.313 e. The average molecular weight is 402 g/mol. The number of imide groups is 1. The van der Waals surface area contributed by atoms with Crippen LogP contribution in [0.15, 0.2) is 24.3 Å². The van der Waals surface area contributed by atoms with Gasteiger partial charge in [0.25, 0.3) is 0 Å². The number of benzene rings is 1. The van der Waals surface area contributed by atoms with E-state index in [-0.39, 0.29) is 36.7 Å². The molecule has 29 heavy (non-hydrogen) atoms. The fraction of sp³-hybridized carbons (Fsp3) is 0.450. The first-order valence-electron chi connectivity index (χ1n) is 9.51. The quantitative estimate of drug-likeness (QED) is 0.402. The molecule has 0 aliphatic carbocycles. The molecule has 1 aromatic rings. The van der Waals surface area contributed by atoms with Gasteiger partial charge in [0.05, 0.1) is 12.0 Å². The third kappa shape index (κ3) is 5.40. The Bertz CT molecular complexity index is 819. The Morgan fingerprint density at radius 1 is 1.10 bits per heavy atom. The summed E-state index contributed by atoms with van der Waals surface area (Å²) in [5, 5.41) is 9.68. The van der Waals surface area contributed by atoms with E-state index in [9.17, 15) is 24.0 Å². The zero-order valence-electron chi connectivity index (χ0n) is 16.8. The zero-order chi connectivity index (χ0) is 21.6. The number of carbonyl (C=O) groups excluding carboxylic acids is 5. The van der Waals surface area contributed by atoms with Crippen molar-refractivity contribution in [2.45, 2.75) is 51.5 Å². The summed E-state index contributed by atoms with van der Waals surface area (Å²) in [6, 6.07) is 6.51. The van der Waals surface area contributed by atoms with E-state index in [1.54, 1.807) is 38.1 Å². The van der Waals surface area contributed by atoms with Crippen molar-refractivity contribution in [3.63, 3.8) is 0 Å². The van der Waals surface area contributed by atoms with E-state index in [0.717, 1.165) is 5.56 Å². The minimum atomic E-state index is -0.928. The van der Waals surface area contributed by atoms with Crippen molar-refractivity contribution in [3.05, 3.63) is 29.8 Å². The summed E-state index contributed by atoms with van der Waals surface area (Å²) < 4.78 is 0. The monoisotopic (exact) mass is 402 g/mol. The van der Waals surface area contributed by atoms with Crippen LogP contribution >= 0.6 is 0 Å². The van der Waals surface area contributed by atoms with E-state index in [0.29, 0.717) is 18.5 Å². The lowest BCUT2D eigenvalue weighted by Gasteiger charge is -2.35. The van der Waals surface area contributed by atoms with Gasteiger partial charge in [-0.1, -0.05) is 19.1 Å². The molecule has 9 heteroatoms. The predicted molar refractivity (Wildman–Crippen MR) is 106 cm³/mol. The predicted octanol–water partition coefficient (Wildman–Crippen LogP) is 0.350. The second kappa shape index (κ2) is 9.31. The molecule has 9 nitrogen and oxygen atoms in total. The highest BCUT2D eigenvalue weighted by Gasteiger charge is 2.42. The molecule has 0 saturated carbocycles. The molecule has 5 amide bonds. The molecule has 0 radical (unpaired) electrons. The number of amides is 5. The van der Waals surface area contributed by atoms with Gasteiger partial charge in [-0.3, -0.25) is 29.3 Å². The molecule has 1 aliphatic heterocycles. The average Bonchev–Trinajstić information content (AvgIpc) is 2.67. The number of piperidine rings is 1. The van der Waals surface area contributed by atoms with E-state index < -0.39 is 17.2 Å². The molecule has 0 bridgehead atoms. The van der Waals surface area contributed by atoms with Crippen LogP contribution in [0.2, 0.25) is 0 Å². The highest BCUT2D eigenvalue weighted by molar-refractivity contribution is 6.39. The van der Waals surface area contributed by atoms with Crippen LogP contribution in [-0.2, 0) is 29.4 Å². The molecule has 1 aromatic carbocycles. The maximum absolute atomic E-state index is 12.4. The Morgan fingerprint density at radius 3 is 2.31 bits per heavy atom. The van der Waals surface area contributed by atoms with E-state index in [1.165, 1.54) is 0 Å². The SMILES string of the molecule is CCC1(c2ccc(NC(=O)C(=O)NCC(=O)NC(C)C)cc2)CCC(=O)NC1=O. The van der Waals surface area contributed by atoms with Crippen LogP contribution in [-0.4, -0.2) is 42.1 Å². The second-order valence-electron chi connectivity index (χ2n) is 7.25. The molecule has 1 atom stereocenters. The van der Waals surface area contributed by atoms with Crippen LogP contribution in [0.3, 0.4) is 0 Å². The van der Waals surface area contributed by atoms with Crippen LogP contribution in [0.5, 0.6) is 0 Å². The third-order valence-electron chi connectivity index (χ3n) is 4.83. The Hall–Kier alpha value is -3.23. The molecule has 1 heterocycles. The fourth-order valence-corrected chi connectivity index (χ4v) is 3.24. The number of rotatable bonds is 6. The largest absolute Gasteiger partial charge is 0.352 e. The Labute approximate surface area is 169 Å². The van der Waals surface area contributed by atoms with Crippen LogP contribution in [0.25, 0.3) is 0 Å². The van der Waals surface area contributed by atoms with Gasteiger partial charge in [-0.15, -0.1) is 0 Å². The molecule has 1 fully saturated rings. The second-order valence-corrected chi connectivity index (χ2v) is 7.25. The summed E-state index contributed by atoms with van der Waals surface area (Å²) in [6.45, 7) is 5.15. The highest BCUT2D eigenvalue weighted by Crippen LogP contribution is 2.36. The van der Waals surface area contributed by atoms with Crippen molar-refractivity contribution in [2.24, 2.45) is 0 Å². The van der Waals surface area contributed by atoms with Crippen LogP contribution in [0.4, 0.5) is 5.69 Å². The Balaban J connectivity index is 1.98. The minimum absolute atomic E-state index is 0.0671. The van der Waals surface area contributed by atoms with Gasteiger partial charge < -0.3 is 16.0 Å². The summed E-state index contributed by atoms with van der Waals surface area (Å²) in [5.41, 5.74) is 0.314. The first kappa shape index (κ1) is 22.1. The summed E-state index contributed by atoms with van der Waals surface area (Å²) in [7, 11) is 0. The number of hydrogen-bond donors (Lipinski definition) is 4. The lowest BCUT2D eigenvalue weighted by molar-refractivity contribution is -0.138. The first-order valence-corrected chi connectivity index (χ1v) is 9.51. The van der Waals surface area contributed by atoms with Gasteiger partial charge >= 0.3 is 11.8 Å². The summed E-state index contributed by atoms with van der Waals surface area (Å²) >= 11 is 0. The van der Waals surface area contributed by atoms with Gasteiger partial charge in [-0.05, 0) is 44.4 Å². The van der Waals surface area contributed by atoms with Crippen molar-refractivity contribution >= 4 is 35.2 Å². The van der Waals surface area contributed by atoms with Crippen LogP contribution in [0, 0.1) is 0 Å². The topological polar surface area (TPSA) is 133 Å². The number of anilines is 1. The maximum Gasteiger partial charge on any atom is 0.313 e. The molecule has 156 valence electrons. The Kier molecular flexibility index (Phi) is 7.08. The van der Waals surface area contributed by atoms with Crippen molar-refractivity contribution in [2.75, 3.05) is 11.9 Å². The fourth-order valence-electron chi connectivity index (χ4n) is 3.24. The van der Waals surface area contributed by atoms with Crippen LogP contribution in [0.1, 0.15) is 45.6 Å². The van der Waals surface area contributed by atoms with E-state index in [4.69, 9.17) is 0 Å². The molecule has 2 rings (SSSR count). The van der Waals surface area contributed by atoms with E-state index >= 15 is 0 Å². The van der Waals surface area contributed by atoms with Gasteiger partial charge in [0.1, 0.15) is 0 Å². The van der Waals surface area contributed by atoms with Gasteiger partial charge in [-0.25, -0.2) is 0 Å². The number of nitrogens with one attached hydrogen (secondary N) is 4. The lowest BCUT2D eigenvalue weighted by atomic mass is 9.72. The minimum Gasteiger partial charge on any atom is -0.352 e. The summed E-state index contributed by atoms with van der Waals surface area (Å²) in [6.07, 6.45) is 1.21. The van der Waals surface area contributed by atoms with Crippen LogP contribution < -0.4 is 21.3 Å². The standard InChI is InChI=1S/C20H26N4O5/c1-4-20(10-9-15(25)24-19(20)29)13-5-7-14(8-6-13)23-18(28)17(27)21-11-16(26)22-12(2)3/h5-8,12H,4,9-11H2,1-3H3,(H,21,27)(H,22,26)(H,23,28)(H,24,25,29). The molecule has 1 saturated heterocycles. The molecule has 1 unspecified atom stereocenters. The van der Waals surface area contributed by atoms with Gasteiger partial charge in [0, 0.05) is 18.2 Å². The van der Waals surface area contributed by atoms with Gasteiger partial charge in [0.15, 0.2) is 0 Å². The van der Waals surface area contributed by atoms with E-state index in [1.807, 2.05) is 6.92 Å². The zero-order valence-corrected chi connectivity index (χ0v) is 16.8. The van der Waals surface area contributed by atoms with Crippen molar-refractivity contribution < 1.29 is 24.0 Å². The third-order valence-corrected chi connectivity index (χ3v) is 4.83. The molecule has 1 aliphatic rings. The van der Waals surface area contributed by atoms with Crippen molar-refractivity contribution in [1.82, 2.24) is 16.0 Å². The van der Waals surface area contributed by atoms with Gasteiger partial charge in [0.2, 0.25) is 17.7 Å². The van der Waals surface area contributed by atoms with Gasteiger partial charge in [-0.2, -0.15) is 0 Å². The molecule has 0 spiro atoms. The molecule has 4 N–H and O–H groups in total. The summed E-state index contributed by atoms with van der Waals surface area (Å²) in [5.74, 6) is -2.83. The molecule has 0 aromatic heterocycles.